The van der Waals surface area contributed by atoms with Crippen LogP contribution < -0.4 is 0 Å². The molecule has 0 fully saturated rings. The molecule has 2 amide bonds. The summed E-state index contributed by atoms with van der Waals surface area (Å²) < 4.78 is 5.60. The van der Waals surface area contributed by atoms with E-state index < -0.39 is 17.7 Å². The third-order valence-corrected chi connectivity index (χ3v) is 4.76. The van der Waals surface area contributed by atoms with Crippen molar-refractivity contribution in [3.05, 3.63) is 71.8 Å². The van der Waals surface area contributed by atoms with Gasteiger partial charge in [-0.05, 0) is 38.3 Å². The van der Waals surface area contributed by atoms with Gasteiger partial charge in [-0.3, -0.25) is 9.69 Å². The predicted octanol–water partition coefficient (Wildman–Crippen LogP) is 3.88. The van der Waals surface area contributed by atoms with Crippen LogP contribution in [0.25, 0.3) is 0 Å². The van der Waals surface area contributed by atoms with Crippen LogP contribution >= 0.6 is 0 Å². The Morgan fingerprint density at radius 3 is 2.03 bits per heavy atom. The van der Waals surface area contributed by atoms with E-state index in [0.29, 0.717) is 19.4 Å². The summed E-state index contributed by atoms with van der Waals surface area (Å²) >= 11 is 0. The molecule has 0 aromatic heterocycles. The third kappa shape index (κ3) is 8.06. The van der Waals surface area contributed by atoms with E-state index in [1.807, 2.05) is 60.7 Å². The monoisotopic (exact) mass is 426 g/mol. The van der Waals surface area contributed by atoms with Crippen molar-refractivity contribution in [1.82, 2.24) is 9.80 Å². The summed E-state index contributed by atoms with van der Waals surface area (Å²) in [6.45, 7) is 5.98. The Morgan fingerprint density at radius 1 is 0.968 bits per heavy atom. The fraction of sp³-hybridized carbons (Fsp3) is 0.440. The molecule has 0 aliphatic carbocycles. The van der Waals surface area contributed by atoms with Gasteiger partial charge in [0.25, 0.3) is 0 Å². The molecule has 1 atom stereocenters. The zero-order valence-corrected chi connectivity index (χ0v) is 19.0. The van der Waals surface area contributed by atoms with Crippen molar-refractivity contribution in [2.45, 2.75) is 51.8 Å². The third-order valence-electron chi connectivity index (χ3n) is 4.76. The van der Waals surface area contributed by atoms with Gasteiger partial charge in [-0.2, -0.15) is 0 Å². The van der Waals surface area contributed by atoms with E-state index in [1.54, 1.807) is 32.7 Å². The highest BCUT2D eigenvalue weighted by molar-refractivity contribution is 5.86. The molecule has 0 aliphatic rings. The molecule has 2 aromatic carbocycles. The Morgan fingerprint density at radius 2 is 1.52 bits per heavy atom. The van der Waals surface area contributed by atoms with Crippen LogP contribution in [0.2, 0.25) is 0 Å². The van der Waals surface area contributed by atoms with Crippen LogP contribution in [0.3, 0.4) is 0 Å². The second kappa shape index (κ2) is 11.5. The number of amides is 2. The van der Waals surface area contributed by atoms with E-state index in [9.17, 15) is 14.7 Å². The number of hydrogen-bond donors (Lipinski definition) is 1. The van der Waals surface area contributed by atoms with Gasteiger partial charge in [-0.1, -0.05) is 60.7 Å². The van der Waals surface area contributed by atoms with E-state index in [1.165, 1.54) is 4.90 Å². The smallest absolute Gasteiger partial charge is 0.410 e. The van der Waals surface area contributed by atoms with Gasteiger partial charge in [0.05, 0.1) is 0 Å². The van der Waals surface area contributed by atoms with Crippen LogP contribution in [0.4, 0.5) is 4.79 Å². The number of carbonyl (C=O) groups excluding carboxylic acids is 2. The Balaban J connectivity index is 2.32. The lowest BCUT2D eigenvalue weighted by molar-refractivity contribution is -0.136. The second-order valence-electron chi connectivity index (χ2n) is 8.64. The van der Waals surface area contributed by atoms with Crippen molar-refractivity contribution >= 4 is 12.0 Å². The lowest BCUT2D eigenvalue weighted by Crippen LogP contribution is -2.52. The van der Waals surface area contributed by atoms with Crippen molar-refractivity contribution in [3.63, 3.8) is 0 Å². The minimum absolute atomic E-state index is 0.0780. The minimum Gasteiger partial charge on any atom is -0.444 e. The molecule has 1 N–H and O–H groups in total. The van der Waals surface area contributed by atoms with E-state index in [4.69, 9.17) is 4.74 Å². The molecule has 0 saturated heterocycles. The molecule has 0 bridgehead atoms. The van der Waals surface area contributed by atoms with E-state index in [2.05, 4.69) is 0 Å². The molecule has 0 heterocycles. The van der Waals surface area contributed by atoms with Crippen LogP contribution in [0, 0.1) is 0 Å². The van der Waals surface area contributed by atoms with Crippen LogP contribution in [0.1, 0.15) is 38.3 Å². The average molecular weight is 427 g/mol. The van der Waals surface area contributed by atoms with Gasteiger partial charge >= 0.3 is 6.09 Å². The molecule has 0 spiro atoms. The molecule has 2 rings (SSSR count). The number of ether oxygens (including phenoxy) is 1. The molecule has 0 aliphatic heterocycles. The van der Waals surface area contributed by atoms with Crippen molar-refractivity contribution in [3.8, 4) is 0 Å². The first kappa shape index (κ1) is 24.4. The number of hydrogen-bond acceptors (Lipinski definition) is 4. The maximum Gasteiger partial charge on any atom is 0.410 e. The zero-order valence-electron chi connectivity index (χ0n) is 19.0. The summed E-state index contributed by atoms with van der Waals surface area (Å²) in [5.41, 5.74) is 1.27. The van der Waals surface area contributed by atoms with Gasteiger partial charge in [-0.25, -0.2) is 4.79 Å². The second-order valence-corrected chi connectivity index (χ2v) is 8.64. The number of aliphatic hydroxyl groups excluding tert-OH is 1. The average Bonchev–Trinajstić information content (AvgIpc) is 2.73. The van der Waals surface area contributed by atoms with E-state index >= 15 is 0 Å². The normalized spacial score (nSPS) is 12.2. The molecule has 6 heteroatoms. The lowest BCUT2D eigenvalue weighted by Gasteiger charge is -2.35. The number of benzene rings is 2. The van der Waals surface area contributed by atoms with Gasteiger partial charge in [-0.15, -0.1) is 0 Å². The zero-order chi connectivity index (χ0) is 22.9. The summed E-state index contributed by atoms with van der Waals surface area (Å²) in [4.78, 5) is 29.7. The molecule has 0 saturated carbocycles. The first-order valence-electron chi connectivity index (χ1n) is 10.6. The van der Waals surface area contributed by atoms with Crippen LogP contribution in [-0.4, -0.2) is 58.7 Å². The summed E-state index contributed by atoms with van der Waals surface area (Å²) in [7, 11) is 1.74. The van der Waals surface area contributed by atoms with Crippen molar-refractivity contribution in [2.24, 2.45) is 0 Å². The van der Waals surface area contributed by atoms with Gasteiger partial charge in [0.2, 0.25) is 5.91 Å². The summed E-state index contributed by atoms with van der Waals surface area (Å²) in [5.74, 6) is -0.170. The van der Waals surface area contributed by atoms with Gasteiger partial charge in [0.1, 0.15) is 11.6 Å². The highest BCUT2D eigenvalue weighted by atomic mass is 16.6. The molecular formula is C25H34N2O4. The number of aliphatic hydroxyl groups is 1. The number of nitrogens with zero attached hydrogens (tertiary/aromatic N) is 2. The summed E-state index contributed by atoms with van der Waals surface area (Å²) in [6, 6.07) is 18.6. The Hall–Kier alpha value is -2.86. The molecular weight excluding hydrogens is 392 g/mol. The first-order chi connectivity index (χ1) is 14.7. The minimum atomic E-state index is -0.738. The largest absolute Gasteiger partial charge is 0.444 e. The van der Waals surface area contributed by atoms with Crippen molar-refractivity contribution in [2.75, 3.05) is 20.2 Å². The van der Waals surface area contributed by atoms with Gasteiger partial charge < -0.3 is 14.7 Å². The highest BCUT2D eigenvalue weighted by Crippen LogP contribution is 2.18. The topological polar surface area (TPSA) is 70.1 Å². The molecule has 0 unspecified atom stereocenters. The molecule has 31 heavy (non-hydrogen) atoms. The van der Waals surface area contributed by atoms with Gasteiger partial charge in [0, 0.05) is 33.2 Å². The number of carbonyl (C=O) groups is 2. The van der Waals surface area contributed by atoms with Crippen LogP contribution in [0.5, 0.6) is 0 Å². The van der Waals surface area contributed by atoms with Crippen LogP contribution in [-0.2, 0) is 22.5 Å². The molecule has 6 nitrogen and oxygen atoms in total. The Kier molecular flexibility index (Phi) is 9.06. The highest BCUT2D eigenvalue weighted by Gasteiger charge is 2.34. The Labute approximate surface area is 185 Å². The molecule has 2 aromatic rings. The summed E-state index contributed by atoms with van der Waals surface area (Å²) in [6.07, 6.45) is 0.173. The standard InChI is InChI=1S/C25H34N2O4/c1-25(2,3)31-24(30)27(16-11-17-28)22(18-20-12-7-5-8-13-20)23(29)26(4)19-21-14-9-6-10-15-21/h5-10,12-15,22,28H,11,16-19H2,1-4H3/t22-/m0/s1. The van der Waals surface area contributed by atoms with Crippen molar-refractivity contribution in [1.29, 1.82) is 0 Å². The quantitative estimate of drug-likeness (QED) is 0.661. The number of rotatable bonds is 9. The van der Waals surface area contributed by atoms with Gasteiger partial charge in [0.15, 0.2) is 0 Å². The maximum atomic E-state index is 13.5. The molecule has 0 radical (unpaired) electrons. The van der Waals surface area contributed by atoms with Crippen molar-refractivity contribution < 1.29 is 19.4 Å². The predicted molar refractivity (Wildman–Crippen MR) is 121 cm³/mol. The number of likely N-dealkylation sites (N-methyl/N-ethyl adjacent to an activating group) is 1. The summed E-state index contributed by atoms with van der Waals surface area (Å²) in [5, 5.41) is 9.37. The SMILES string of the molecule is CN(Cc1ccccc1)C(=O)[C@H](Cc1ccccc1)N(CCCO)C(=O)OC(C)(C)C. The lowest BCUT2D eigenvalue weighted by atomic mass is 10.0. The molecule has 168 valence electrons. The Bertz CT molecular complexity index is 818. The van der Waals surface area contributed by atoms with E-state index in [0.717, 1.165) is 11.1 Å². The van der Waals surface area contributed by atoms with Crippen LogP contribution in [0.15, 0.2) is 60.7 Å². The van der Waals surface area contributed by atoms with E-state index in [-0.39, 0.29) is 19.1 Å². The maximum absolute atomic E-state index is 13.5. The fourth-order valence-corrected chi connectivity index (χ4v) is 3.29. The fourth-order valence-electron chi connectivity index (χ4n) is 3.29. The first-order valence-corrected chi connectivity index (χ1v) is 10.6.